The van der Waals surface area contributed by atoms with Gasteiger partial charge in [-0.3, -0.25) is 9.79 Å². The minimum atomic E-state index is -0.514. The lowest BCUT2D eigenvalue weighted by Crippen LogP contribution is -2.37. The standard InChI is InChI=1S/C18H20BrN3O2/c1-18(2,22-10-12-5-3-4-6-15(12)20)11-21-17(24)14-9-13(19)7-8-16(14)23/h3-10,23H,11,20H2,1-2H3,(H,21,24). The molecule has 0 radical (unpaired) electrons. The van der Waals surface area contributed by atoms with Crippen molar-refractivity contribution in [1.29, 1.82) is 0 Å². The summed E-state index contributed by atoms with van der Waals surface area (Å²) in [6, 6.07) is 12.2. The predicted octanol–water partition coefficient (Wildman–Crippen LogP) is 3.36. The monoisotopic (exact) mass is 389 g/mol. The number of nitrogens with one attached hydrogen (secondary N) is 1. The van der Waals surface area contributed by atoms with Gasteiger partial charge in [-0.25, -0.2) is 0 Å². The van der Waals surface area contributed by atoms with Crippen LogP contribution in [-0.4, -0.2) is 29.3 Å². The number of carbonyl (C=O) groups excluding carboxylic acids is 1. The van der Waals surface area contributed by atoms with E-state index >= 15 is 0 Å². The van der Waals surface area contributed by atoms with Crippen LogP contribution in [0.25, 0.3) is 0 Å². The maximum Gasteiger partial charge on any atom is 0.255 e. The zero-order valence-electron chi connectivity index (χ0n) is 13.6. The van der Waals surface area contributed by atoms with Crippen LogP contribution < -0.4 is 11.1 Å². The van der Waals surface area contributed by atoms with Gasteiger partial charge in [0.2, 0.25) is 0 Å². The third-order valence-corrected chi connectivity index (χ3v) is 3.93. The number of aromatic hydroxyl groups is 1. The largest absolute Gasteiger partial charge is 0.507 e. The number of aliphatic imine (C=N–C) groups is 1. The number of rotatable bonds is 5. The molecule has 2 aromatic carbocycles. The molecule has 24 heavy (non-hydrogen) atoms. The van der Waals surface area contributed by atoms with Gasteiger partial charge in [-0.2, -0.15) is 0 Å². The molecule has 5 nitrogen and oxygen atoms in total. The first-order valence-electron chi connectivity index (χ1n) is 7.45. The minimum absolute atomic E-state index is 0.0610. The topological polar surface area (TPSA) is 87.7 Å². The molecule has 0 fully saturated rings. The number of amides is 1. The number of nitrogens with two attached hydrogens (primary N) is 1. The summed E-state index contributed by atoms with van der Waals surface area (Å²) in [7, 11) is 0. The fraction of sp³-hybridized carbons (Fsp3) is 0.222. The Morgan fingerprint density at radius 2 is 2.04 bits per heavy atom. The average Bonchev–Trinajstić information content (AvgIpc) is 2.54. The van der Waals surface area contributed by atoms with Gasteiger partial charge in [0.25, 0.3) is 5.91 Å². The molecule has 0 bridgehead atoms. The number of para-hydroxylation sites is 1. The SMILES string of the molecule is CC(C)(CNC(=O)c1cc(Br)ccc1O)N=Cc1ccccc1N. The first-order chi connectivity index (χ1) is 11.3. The lowest BCUT2D eigenvalue weighted by Gasteiger charge is -2.20. The van der Waals surface area contributed by atoms with E-state index in [0.29, 0.717) is 12.2 Å². The summed E-state index contributed by atoms with van der Waals surface area (Å²) >= 11 is 3.29. The van der Waals surface area contributed by atoms with E-state index in [1.807, 2.05) is 38.1 Å². The summed E-state index contributed by atoms with van der Waals surface area (Å²) in [4.78, 5) is 16.7. The first-order valence-corrected chi connectivity index (χ1v) is 8.24. The molecule has 1 amide bonds. The van der Waals surface area contributed by atoms with Crippen LogP contribution in [-0.2, 0) is 0 Å². The number of nitrogens with zero attached hydrogens (tertiary/aromatic N) is 1. The van der Waals surface area contributed by atoms with Gasteiger partial charge in [0.05, 0.1) is 11.1 Å². The number of phenolic OH excluding ortho intramolecular Hbond substituents is 1. The Balaban J connectivity index is 2.03. The molecule has 0 aromatic heterocycles. The molecular formula is C18H20BrN3O2. The Morgan fingerprint density at radius 1 is 1.33 bits per heavy atom. The van der Waals surface area contributed by atoms with Gasteiger partial charge in [0.15, 0.2) is 0 Å². The second-order valence-corrected chi connectivity index (χ2v) is 6.96. The maximum atomic E-state index is 12.2. The summed E-state index contributed by atoms with van der Waals surface area (Å²) in [6.45, 7) is 4.13. The Morgan fingerprint density at radius 3 is 2.75 bits per heavy atom. The molecule has 2 aromatic rings. The Bertz CT molecular complexity index is 773. The Hall–Kier alpha value is -2.34. The molecule has 0 spiro atoms. The highest BCUT2D eigenvalue weighted by atomic mass is 79.9. The van der Waals surface area contributed by atoms with Crippen LogP contribution in [0.15, 0.2) is 51.9 Å². The van der Waals surface area contributed by atoms with Crippen LogP contribution in [0.3, 0.4) is 0 Å². The van der Waals surface area contributed by atoms with Crippen LogP contribution in [0.4, 0.5) is 5.69 Å². The highest BCUT2D eigenvalue weighted by Crippen LogP contribution is 2.22. The summed E-state index contributed by atoms with van der Waals surface area (Å²) in [6.07, 6.45) is 1.71. The lowest BCUT2D eigenvalue weighted by atomic mass is 10.1. The van der Waals surface area contributed by atoms with Crippen molar-refractivity contribution in [2.45, 2.75) is 19.4 Å². The normalized spacial score (nSPS) is 11.6. The van der Waals surface area contributed by atoms with Gasteiger partial charge in [0.1, 0.15) is 5.75 Å². The second kappa shape index (κ2) is 7.49. The van der Waals surface area contributed by atoms with Crippen molar-refractivity contribution in [2.24, 2.45) is 4.99 Å². The molecule has 6 heteroatoms. The molecule has 0 saturated carbocycles. The summed E-state index contributed by atoms with van der Waals surface area (Å²) in [5.41, 5.74) is 7.08. The van der Waals surface area contributed by atoms with Gasteiger partial charge >= 0.3 is 0 Å². The van der Waals surface area contributed by atoms with Gasteiger partial charge < -0.3 is 16.2 Å². The molecule has 2 rings (SSSR count). The number of hydrogen-bond donors (Lipinski definition) is 3. The van der Waals surface area contributed by atoms with Crippen molar-refractivity contribution in [1.82, 2.24) is 5.32 Å². The van der Waals surface area contributed by atoms with E-state index in [2.05, 4.69) is 26.2 Å². The number of nitrogen functional groups attached to an aromatic ring is 1. The van der Waals surface area contributed by atoms with E-state index in [9.17, 15) is 9.90 Å². The van der Waals surface area contributed by atoms with E-state index < -0.39 is 5.54 Å². The number of benzene rings is 2. The third-order valence-electron chi connectivity index (χ3n) is 3.43. The summed E-state index contributed by atoms with van der Waals surface area (Å²) in [5.74, 6) is -0.412. The molecule has 0 aliphatic heterocycles. The third kappa shape index (κ3) is 4.83. The fourth-order valence-electron chi connectivity index (χ4n) is 2.00. The van der Waals surface area contributed by atoms with E-state index in [-0.39, 0.29) is 17.2 Å². The quantitative estimate of drug-likeness (QED) is 0.540. The van der Waals surface area contributed by atoms with E-state index in [0.717, 1.165) is 10.0 Å². The van der Waals surface area contributed by atoms with Crippen LogP contribution in [0, 0.1) is 0 Å². The molecule has 0 aliphatic carbocycles. The highest BCUT2D eigenvalue weighted by Gasteiger charge is 2.19. The number of anilines is 1. The van der Waals surface area contributed by atoms with E-state index in [1.165, 1.54) is 6.07 Å². The molecule has 126 valence electrons. The molecule has 4 N–H and O–H groups in total. The zero-order chi connectivity index (χ0) is 17.7. The summed E-state index contributed by atoms with van der Waals surface area (Å²) in [5, 5.41) is 12.6. The maximum absolute atomic E-state index is 12.2. The molecule has 0 atom stereocenters. The second-order valence-electron chi connectivity index (χ2n) is 6.04. The van der Waals surface area contributed by atoms with Crippen LogP contribution in [0.1, 0.15) is 29.8 Å². The van der Waals surface area contributed by atoms with Gasteiger partial charge in [-0.05, 0) is 38.1 Å². The zero-order valence-corrected chi connectivity index (χ0v) is 15.2. The van der Waals surface area contributed by atoms with E-state index in [1.54, 1.807) is 18.3 Å². The number of carbonyl (C=O) groups is 1. The first kappa shape index (κ1) is 18.0. The van der Waals surface area contributed by atoms with Crippen LogP contribution in [0.5, 0.6) is 5.75 Å². The predicted molar refractivity (Wildman–Crippen MR) is 101 cm³/mol. The van der Waals surface area contributed by atoms with Crippen molar-refractivity contribution in [3.8, 4) is 5.75 Å². The Kier molecular flexibility index (Phi) is 5.62. The molecule has 0 heterocycles. The van der Waals surface area contributed by atoms with Crippen molar-refractivity contribution in [3.63, 3.8) is 0 Å². The smallest absolute Gasteiger partial charge is 0.255 e. The number of hydrogen-bond acceptors (Lipinski definition) is 4. The molecular weight excluding hydrogens is 370 g/mol. The molecule has 0 saturated heterocycles. The fourth-order valence-corrected chi connectivity index (χ4v) is 2.36. The highest BCUT2D eigenvalue weighted by molar-refractivity contribution is 9.10. The van der Waals surface area contributed by atoms with Crippen LogP contribution >= 0.6 is 15.9 Å². The van der Waals surface area contributed by atoms with E-state index in [4.69, 9.17) is 5.73 Å². The molecule has 0 unspecified atom stereocenters. The number of halogens is 1. The van der Waals surface area contributed by atoms with Crippen molar-refractivity contribution in [3.05, 3.63) is 58.1 Å². The average molecular weight is 390 g/mol. The minimum Gasteiger partial charge on any atom is -0.507 e. The van der Waals surface area contributed by atoms with Crippen molar-refractivity contribution in [2.75, 3.05) is 12.3 Å². The van der Waals surface area contributed by atoms with Gasteiger partial charge in [-0.1, -0.05) is 34.1 Å². The summed E-state index contributed by atoms with van der Waals surface area (Å²) < 4.78 is 0.724. The van der Waals surface area contributed by atoms with Crippen molar-refractivity contribution < 1.29 is 9.90 Å². The van der Waals surface area contributed by atoms with Gasteiger partial charge in [-0.15, -0.1) is 0 Å². The molecule has 0 aliphatic rings. The van der Waals surface area contributed by atoms with Gasteiger partial charge in [0, 0.05) is 28.5 Å². The Labute approximate surface area is 149 Å². The van der Waals surface area contributed by atoms with Crippen molar-refractivity contribution >= 4 is 33.7 Å². The number of phenols is 1. The van der Waals surface area contributed by atoms with Crippen LogP contribution in [0.2, 0.25) is 0 Å². The lowest BCUT2D eigenvalue weighted by molar-refractivity contribution is 0.0943.